The summed E-state index contributed by atoms with van der Waals surface area (Å²) in [5.41, 5.74) is 14.0. The van der Waals surface area contributed by atoms with Gasteiger partial charge in [-0.25, -0.2) is 0 Å². The smallest absolute Gasteiger partial charge is 0.0541 e. The van der Waals surface area contributed by atoms with Crippen molar-refractivity contribution >= 4 is 49.6 Å². The van der Waals surface area contributed by atoms with E-state index in [1.807, 2.05) is 0 Å². The SMILES string of the molecule is c1ccc(-c2ccc(N(c3ccc(-c4cc(-c5ccccc5)cc(-n5c6ccccc6c6ccccc65)c4)cc3)c3cccc4ccccc34)cc2)cc1. The van der Waals surface area contributed by atoms with Gasteiger partial charge in [0.05, 0.1) is 16.7 Å². The molecule has 0 atom stereocenters. The third-order valence-electron chi connectivity index (χ3n) is 10.6. The second kappa shape index (κ2) is 13.4. The predicted molar refractivity (Wildman–Crippen MR) is 229 cm³/mol. The summed E-state index contributed by atoms with van der Waals surface area (Å²) in [4.78, 5) is 2.38. The molecule has 54 heavy (non-hydrogen) atoms. The Hall–Kier alpha value is -7.16. The highest BCUT2D eigenvalue weighted by Crippen LogP contribution is 2.41. The van der Waals surface area contributed by atoms with E-state index in [1.54, 1.807) is 0 Å². The monoisotopic (exact) mass is 688 g/mol. The number of nitrogens with zero attached hydrogens (tertiary/aromatic N) is 2. The molecule has 0 radical (unpaired) electrons. The highest BCUT2D eigenvalue weighted by atomic mass is 15.1. The lowest BCUT2D eigenvalue weighted by Crippen LogP contribution is -2.10. The van der Waals surface area contributed by atoms with Gasteiger partial charge in [-0.2, -0.15) is 0 Å². The largest absolute Gasteiger partial charge is 0.310 e. The van der Waals surface area contributed by atoms with Crippen LogP contribution in [-0.4, -0.2) is 4.57 Å². The van der Waals surface area contributed by atoms with Gasteiger partial charge in [-0.15, -0.1) is 0 Å². The van der Waals surface area contributed by atoms with Gasteiger partial charge >= 0.3 is 0 Å². The Morgan fingerprint density at radius 2 is 0.722 bits per heavy atom. The van der Waals surface area contributed by atoms with Crippen LogP contribution in [0.4, 0.5) is 17.1 Å². The van der Waals surface area contributed by atoms with Crippen LogP contribution < -0.4 is 4.90 Å². The molecule has 0 aliphatic rings. The molecule has 10 aromatic rings. The second-order valence-corrected chi connectivity index (χ2v) is 13.8. The molecule has 10 rings (SSSR count). The lowest BCUT2D eigenvalue weighted by Gasteiger charge is -2.27. The summed E-state index contributed by atoms with van der Waals surface area (Å²) in [6.07, 6.45) is 0. The number of aromatic nitrogens is 1. The number of hydrogen-bond acceptors (Lipinski definition) is 1. The number of anilines is 3. The van der Waals surface area contributed by atoms with Gasteiger partial charge in [0.25, 0.3) is 0 Å². The first-order chi connectivity index (χ1) is 26.8. The summed E-state index contributed by atoms with van der Waals surface area (Å²) in [6.45, 7) is 0. The van der Waals surface area contributed by atoms with E-state index in [4.69, 9.17) is 0 Å². The minimum absolute atomic E-state index is 1.10. The van der Waals surface area contributed by atoms with Gasteiger partial charge < -0.3 is 9.47 Å². The second-order valence-electron chi connectivity index (χ2n) is 13.8. The molecule has 0 aliphatic heterocycles. The predicted octanol–water partition coefficient (Wildman–Crippen LogP) is 14.4. The molecule has 0 saturated carbocycles. The van der Waals surface area contributed by atoms with Crippen molar-refractivity contribution < 1.29 is 0 Å². The zero-order valence-corrected chi connectivity index (χ0v) is 29.7. The van der Waals surface area contributed by atoms with Gasteiger partial charge in [0.15, 0.2) is 0 Å². The summed E-state index contributed by atoms with van der Waals surface area (Å²) in [5.74, 6) is 0. The molecule has 0 fully saturated rings. The van der Waals surface area contributed by atoms with Crippen molar-refractivity contribution in [3.8, 4) is 39.1 Å². The van der Waals surface area contributed by atoms with Crippen molar-refractivity contribution in [2.45, 2.75) is 0 Å². The van der Waals surface area contributed by atoms with Gasteiger partial charge in [-0.1, -0.05) is 158 Å². The van der Waals surface area contributed by atoms with Crippen LogP contribution in [0.2, 0.25) is 0 Å². The lowest BCUT2D eigenvalue weighted by atomic mass is 9.97. The first kappa shape index (κ1) is 31.6. The van der Waals surface area contributed by atoms with Crippen LogP contribution >= 0.6 is 0 Å². The molecule has 2 nitrogen and oxygen atoms in total. The molecule has 0 amide bonds. The molecule has 0 unspecified atom stereocenters. The topological polar surface area (TPSA) is 8.17 Å². The highest BCUT2D eigenvalue weighted by molar-refractivity contribution is 6.09. The molecule has 1 heterocycles. The maximum Gasteiger partial charge on any atom is 0.0541 e. The van der Waals surface area contributed by atoms with Crippen LogP contribution in [0.25, 0.3) is 71.6 Å². The maximum absolute atomic E-state index is 2.41. The van der Waals surface area contributed by atoms with E-state index >= 15 is 0 Å². The Morgan fingerprint density at radius 3 is 1.30 bits per heavy atom. The van der Waals surface area contributed by atoms with Gasteiger partial charge in [0, 0.05) is 33.2 Å². The molecule has 9 aromatic carbocycles. The van der Waals surface area contributed by atoms with Crippen molar-refractivity contribution in [1.29, 1.82) is 0 Å². The van der Waals surface area contributed by atoms with E-state index in [2.05, 4.69) is 228 Å². The van der Waals surface area contributed by atoms with Crippen molar-refractivity contribution in [3.63, 3.8) is 0 Å². The Bertz CT molecular complexity index is 2850. The highest BCUT2D eigenvalue weighted by Gasteiger charge is 2.17. The van der Waals surface area contributed by atoms with Crippen molar-refractivity contribution in [3.05, 3.63) is 218 Å². The van der Waals surface area contributed by atoms with E-state index in [1.165, 1.54) is 60.4 Å². The third kappa shape index (κ3) is 5.62. The van der Waals surface area contributed by atoms with E-state index in [0.29, 0.717) is 0 Å². The maximum atomic E-state index is 2.41. The van der Waals surface area contributed by atoms with E-state index in [9.17, 15) is 0 Å². The standard InChI is InChI=1S/C52H36N2/c1-3-14-37(15-4-1)39-26-30-44(31-27-39)53(50-25-13-19-41-18-7-8-20-47(41)50)45-32-28-40(29-33-45)43-34-42(38-16-5-2-6-17-38)35-46(36-43)54-51-23-11-9-21-48(51)49-22-10-12-24-52(49)54/h1-36H. The number of rotatable bonds is 7. The third-order valence-corrected chi connectivity index (χ3v) is 10.6. The number of hydrogen-bond donors (Lipinski definition) is 0. The normalized spacial score (nSPS) is 11.3. The molecule has 0 aliphatic carbocycles. The van der Waals surface area contributed by atoms with Crippen LogP contribution in [0.1, 0.15) is 0 Å². The van der Waals surface area contributed by atoms with E-state index < -0.39 is 0 Å². The summed E-state index contributed by atoms with van der Waals surface area (Å²) >= 11 is 0. The zero-order valence-electron chi connectivity index (χ0n) is 29.7. The number of benzene rings is 9. The molecule has 0 N–H and O–H groups in total. The quantitative estimate of drug-likeness (QED) is 0.162. The fourth-order valence-electron chi connectivity index (χ4n) is 7.97. The van der Waals surface area contributed by atoms with Gasteiger partial charge in [-0.3, -0.25) is 0 Å². The van der Waals surface area contributed by atoms with Crippen LogP contribution in [0.15, 0.2) is 218 Å². The Labute approximate surface area is 315 Å². The minimum Gasteiger partial charge on any atom is -0.310 e. The molecule has 0 spiro atoms. The first-order valence-electron chi connectivity index (χ1n) is 18.5. The molecule has 0 saturated heterocycles. The zero-order chi connectivity index (χ0) is 35.8. The van der Waals surface area contributed by atoms with Crippen molar-refractivity contribution in [1.82, 2.24) is 4.57 Å². The van der Waals surface area contributed by atoms with Crippen molar-refractivity contribution in [2.24, 2.45) is 0 Å². The lowest BCUT2D eigenvalue weighted by molar-refractivity contribution is 1.18. The average Bonchev–Trinajstić information content (AvgIpc) is 3.59. The van der Waals surface area contributed by atoms with E-state index in [0.717, 1.165) is 28.3 Å². The molecule has 254 valence electrons. The van der Waals surface area contributed by atoms with Crippen molar-refractivity contribution in [2.75, 3.05) is 4.90 Å². The molecule has 0 bridgehead atoms. The fourth-order valence-corrected chi connectivity index (χ4v) is 7.97. The number of fused-ring (bicyclic) bond motifs is 4. The summed E-state index contributed by atoms with van der Waals surface area (Å²) < 4.78 is 2.41. The summed E-state index contributed by atoms with van der Waals surface area (Å²) in [6, 6.07) is 78.9. The molecule has 2 heteroatoms. The van der Waals surface area contributed by atoms with E-state index in [-0.39, 0.29) is 0 Å². The van der Waals surface area contributed by atoms with Crippen LogP contribution in [0, 0.1) is 0 Å². The van der Waals surface area contributed by atoms with Crippen LogP contribution in [-0.2, 0) is 0 Å². The van der Waals surface area contributed by atoms with Gasteiger partial charge in [0.1, 0.15) is 0 Å². The Morgan fingerprint density at radius 1 is 0.296 bits per heavy atom. The summed E-state index contributed by atoms with van der Waals surface area (Å²) in [5, 5.41) is 4.94. The Kier molecular flexibility index (Phi) is 7.85. The summed E-state index contributed by atoms with van der Waals surface area (Å²) in [7, 11) is 0. The Balaban J connectivity index is 1.12. The fraction of sp³-hybridized carbons (Fsp3) is 0. The molecular formula is C52H36N2. The number of para-hydroxylation sites is 2. The average molecular weight is 689 g/mol. The van der Waals surface area contributed by atoms with Crippen LogP contribution in [0.3, 0.4) is 0 Å². The molecular weight excluding hydrogens is 653 g/mol. The molecule has 1 aromatic heterocycles. The van der Waals surface area contributed by atoms with Gasteiger partial charge in [-0.05, 0) is 99.4 Å². The van der Waals surface area contributed by atoms with Gasteiger partial charge in [0.2, 0.25) is 0 Å². The van der Waals surface area contributed by atoms with Crippen LogP contribution in [0.5, 0.6) is 0 Å². The minimum atomic E-state index is 1.10. The first-order valence-corrected chi connectivity index (χ1v) is 18.5.